The highest BCUT2D eigenvalue weighted by Crippen LogP contribution is 2.17. The average molecular weight is 405 g/mol. The van der Waals surface area contributed by atoms with Crippen LogP contribution in [-0.2, 0) is 21.4 Å². The molecule has 2 rings (SSSR count). The number of rotatable bonds is 7. The lowest BCUT2D eigenvalue weighted by Crippen LogP contribution is -2.28. The van der Waals surface area contributed by atoms with Gasteiger partial charge in [-0.25, -0.2) is 8.42 Å². The predicted octanol–water partition coefficient (Wildman–Crippen LogP) is 1.50. The molecule has 2 aromatic carbocycles. The van der Waals surface area contributed by atoms with E-state index in [1.807, 2.05) is 0 Å². The van der Waals surface area contributed by atoms with Crippen molar-refractivity contribution in [1.82, 2.24) is 14.7 Å². The molecule has 0 aliphatic rings. The molecular weight excluding hydrogens is 382 g/mol. The smallest absolute Gasteiger partial charge is 0.264 e. The second-order valence-electron chi connectivity index (χ2n) is 6.06. The van der Waals surface area contributed by atoms with Gasteiger partial charge in [-0.2, -0.15) is 0 Å². The van der Waals surface area contributed by atoms with Crippen LogP contribution in [0.3, 0.4) is 0 Å². The van der Waals surface area contributed by atoms with Crippen LogP contribution in [0, 0.1) is 0 Å². The first-order chi connectivity index (χ1) is 13.2. The summed E-state index contributed by atoms with van der Waals surface area (Å²) in [7, 11) is 1.86. The fourth-order valence-corrected chi connectivity index (χ4v) is 3.53. The van der Waals surface area contributed by atoms with Crippen molar-refractivity contribution in [2.75, 3.05) is 28.3 Å². The largest absolute Gasteiger partial charge is 0.355 e. The van der Waals surface area contributed by atoms with Crippen LogP contribution in [0.2, 0.25) is 0 Å². The quantitative estimate of drug-likeness (QED) is 0.705. The highest BCUT2D eigenvalue weighted by molar-refractivity contribution is 7.89. The van der Waals surface area contributed by atoms with Crippen LogP contribution in [-0.4, -0.2) is 57.9 Å². The van der Waals surface area contributed by atoms with Gasteiger partial charge in [-0.05, 0) is 35.9 Å². The van der Waals surface area contributed by atoms with Gasteiger partial charge in [0.15, 0.2) is 0 Å². The lowest BCUT2D eigenvalue weighted by atomic mass is 10.1. The Kier molecular flexibility index (Phi) is 6.90. The molecule has 0 radical (unpaired) electrons. The van der Waals surface area contributed by atoms with Crippen molar-refractivity contribution >= 4 is 21.8 Å². The third-order valence-corrected chi connectivity index (χ3v) is 5.86. The number of amides is 2. The summed E-state index contributed by atoms with van der Waals surface area (Å²) < 4.78 is 25.4. The van der Waals surface area contributed by atoms with Crippen LogP contribution in [0.25, 0.3) is 0 Å². The molecule has 0 spiro atoms. The van der Waals surface area contributed by atoms with E-state index in [-0.39, 0.29) is 22.3 Å². The van der Waals surface area contributed by atoms with Gasteiger partial charge in [-0.15, -0.1) is 0 Å². The van der Waals surface area contributed by atoms with E-state index in [0.29, 0.717) is 12.1 Å². The van der Waals surface area contributed by atoms with Gasteiger partial charge in [0.1, 0.15) is 0 Å². The van der Waals surface area contributed by atoms with E-state index in [2.05, 4.69) is 5.32 Å². The molecule has 0 saturated heterocycles. The first-order valence-electron chi connectivity index (χ1n) is 8.40. The Hall–Kier alpha value is -2.75. The second kappa shape index (κ2) is 8.96. The molecule has 0 aromatic heterocycles. The fourth-order valence-electron chi connectivity index (χ4n) is 2.51. The topological polar surface area (TPSA) is 96.0 Å². The van der Waals surface area contributed by atoms with Crippen LogP contribution >= 0.6 is 0 Å². The van der Waals surface area contributed by atoms with Crippen molar-refractivity contribution in [3.8, 4) is 0 Å². The maximum Gasteiger partial charge on any atom is 0.264 e. The first kappa shape index (κ1) is 21.5. The first-order valence-corrected chi connectivity index (χ1v) is 9.84. The minimum absolute atomic E-state index is 0.0361. The lowest BCUT2D eigenvalue weighted by Gasteiger charge is -2.19. The van der Waals surface area contributed by atoms with Gasteiger partial charge in [0, 0.05) is 38.8 Å². The van der Waals surface area contributed by atoms with Gasteiger partial charge in [0.2, 0.25) is 0 Å². The summed E-state index contributed by atoms with van der Waals surface area (Å²) in [6, 6.07) is 12.7. The Balaban J connectivity index is 2.17. The van der Waals surface area contributed by atoms with Gasteiger partial charge in [0.05, 0.1) is 12.0 Å². The fraction of sp³-hybridized carbons (Fsp3) is 0.263. The normalized spacial score (nSPS) is 11.3. The number of benzene rings is 2. The monoisotopic (exact) mass is 405 g/mol. The van der Waals surface area contributed by atoms with Crippen molar-refractivity contribution in [3.05, 3.63) is 65.2 Å². The van der Waals surface area contributed by atoms with Crippen LogP contribution in [0.15, 0.2) is 53.4 Å². The minimum atomic E-state index is -3.84. The Bertz CT molecular complexity index is 958. The summed E-state index contributed by atoms with van der Waals surface area (Å²) in [5, 5.41) is 2.55. The third kappa shape index (κ3) is 4.75. The Morgan fingerprint density at radius 2 is 1.68 bits per heavy atom. The third-order valence-electron chi connectivity index (χ3n) is 4.18. The predicted molar refractivity (Wildman–Crippen MR) is 104 cm³/mol. The van der Waals surface area contributed by atoms with Crippen molar-refractivity contribution in [2.45, 2.75) is 11.4 Å². The Labute approximate surface area is 164 Å². The van der Waals surface area contributed by atoms with E-state index >= 15 is 0 Å². The summed E-state index contributed by atoms with van der Waals surface area (Å²) in [6.07, 6.45) is 0. The van der Waals surface area contributed by atoms with Crippen molar-refractivity contribution in [1.29, 1.82) is 0 Å². The molecule has 0 aliphatic carbocycles. The molecule has 2 aromatic rings. The summed E-state index contributed by atoms with van der Waals surface area (Å²) in [5.74, 6) is -0.512. The molecule has 9 heteroatoms. The molecule has 0 unspecified atom stereocenters. The highest BCUT2D eigenvalue weighted by Gasteiger charge is 2.22. The molecule has 0 atom stereocenters. The molecule has 28 heavy (non-hydrogen) atoms. The number of hydrogen-bond acceptors (Lipinski definition) is 5. The summed E-state index contributed by atoms with van der Waals surface area (Å²) in [6.45, 7) is 0.307. The van der Waals surface area contributed by atoms with E-state index in [9.17, 15) is 18.0 Å². The maximum atomic E-state index is 12.7. The average Bonchev–Trinajstić information content (AvgIpc) is 2.72. The van der Waals surface area contributed by atoms with Gasteiger partial charge in [-0.1, -0.05) is 22.7 Å². The zero-order valence-electron chi connectivity index (χ0n) is 16.2. The molecule has 0 saturated carbocycles. The zero-order chi connectivity index (χ0) is 20.9. The minimum Gasteiger partial charge on any atom is -0.355 e. The van der Waals surface area contributed by atoms with Gasteiger partial charge >= 0.3 is 0 Å². The van der Waals surface area contributed by atoms with Crippen molar-refractivity contribution in [3.63, 3.8) is 0 Å². The molecule has 0 bridgehead atoms. The molecular formula is C19H23N3O5S. The number of hydroxylamine groups is 1. The maximum absolute atomic E-state index is 12.7. The molecule has 0 heterocycles. The Morgan fingerprint density at radius 3 is 2.25 bits per heavy atom. The molecule has 2 amide bonds. The molecule has 8 nitrogen and oxygen atoms in total. The van der Waals surface area contributed by atoms with E-state index in [1.54, 1.807) is 44.4 Å². The Morgan fingerprint density at radius 1 is 1.04 bits per heavy atom. The highest BCUT2D eigenvalue weighted by atomic mass is 32.2. The number of nitrogens with one attached hydrogen (secondary N) is 1. The van der Waals surface area contributed by atoms with Gasteiger partial charge in [0.25, 0.3) is 21.8 Å². The number of nitrogens with zero attached hydrogens (tertiary/aromatic N) is 2. The molecule has 1 N–H and O–H groups in total. The number of carbonyl (C=O) groups is 2. The van der Waals surface area contributed by atoms with E-state index < -0.39 is 10.0 Å². The molecule has 0 fully saturated rings. The van der Waals surface area contributed by atoms with Crippen molar-refractivity contribution in [2.24, 2.45) is 0 Å². The lowest BCUT2D eigenvalue weighted by molar-refractivity contribution is -0.0258. The van der Waals surface area contributed by atoms with Crippen LogP contribution in [0.5, 0.6) is 0 Å². The van der Waals surface area contributed by atoms with Crippen molar-refractivity contribution < 1.29 is 22.8 Å². The number of sulfonamides is 1. The van der Waals surface area contributed by atoms with E-state index in [1.165, 1.54) is 37.3 Å². The standard InChI is InChI=1S/C19H23N3O5S/c1-20-18(23)15-10-8-14(9-11-15)13-21(2)19(24)16-6-5-7-17(12-16)28(25,26)22(3)27-4/h5-12H,13H2,1-4H3,(H,20,23). The van der Waals surface area contributed by atoms with Gasteiger partial charge < -0.3 is 10.2 Å². The summed E-state index contributed by atoms with van der Waals surface area (Å²) in [4.78, 5) is 30.5. The SMILES string of the molecule is CNC(=O)c1ccc(CN(C)C(=O)c2cccc(S(=O)(=O)N(C)OC)c2)cc1. The van der Waals surface area contributed by atoms with Crippen LogP contribution in [0.1, 0.15) is 26.3 Å². The number of carbonyl (C=O) groups excluding carboxylic acids is 2. The van der Waals surface area contributed by atoms with Gasteiger partial charge in [-0.3, -0.25) is 14.4 Å². The van der Waals surface area contributed by atoms with Crippen LogP contribution in [0.4, 0.5) is 0 Å². The summed E-state index contributed by atoms with van der Waals surface area (Å²) >= 11 is 0. The zero-order valence-corrected chi connectivity index (χ0v) is 17.0. The summed E-state index contributed by atoms with van der Waals surface area (Å²) in [5.41, 5.74) is 1.61. The van der Waals surface area contributed by atoms with Crippen LogP contribution < -0.4 is 5.32 Å². The number of hydrogen-bond donors (Lipinski definition) is 1. The second-order valence-corrected chi connectivity index (χ2v) is 8.00. The molecule has 0 aliphatic heterocycles. The van der Waals surface area contributed by atoms with E-state index in [0.717, 1.165) is 10.0 Å². The van der Waals surface area contributed by atoms with E-state index in [4.69, 9.17) is 4.84 Å². The molecule has 150 valence electrons.